The standard InChI is InChI=1S/C15H16N2OS/c1-10-9-11(2)17-15(16-10)19-14(12(3)18)13-7-5-4-6-8-13/h4-9,14H,1-3H3. The molecule has 2 aromatic rings. The second-order valence-corrected chi connectivity index (χ2v) is 5.52. The number of aromatic nitrogens is 2. The van der Waals surface area contributed by atoms with E-state index >= 15 is 0 Å². The lowest BCUT2D eigenvalue weighted by atomic mass is 10.1. The summed E-state index contributed by atoms with van der Waals surface area (Å²) in [6.45, 7) is 5.47. The topological polar surface area (TPSA) is 42.9 Å². The Morgan fingerprint density at radius 3 is 2.21 bits per heavy atom. The van der Waals surface area contributed by atoms with Crippen molar-refractivity contribution in [3.8, 4) is 0 Å². The van der Waals surface area contributed by atoms with Crippen LogP contribution in [0.5, 0.6) is 0 Å². The van der Waals surface area contributed by atoms with Gasteiger partial charge in [-0.05, 0) is 32.4 Å². The summed E-state index contributed by atoms with van der Waals surface area (Å²) in [5.74, 6) is 0.110. The van der Waals surface area contributed by atoms with Crippen molar-refractivity contribution >= 4 is 17.5 Å². The first kappa shape index (κ1) is 13.7. The lowest BCUT2D eigenvalue weighted by molar-refractivity contribution is -0.116. The lowest BCUT2D eigenvalue weighted by Gasteiger charge is -2.13. The smallest absolute Gasteiger partial charge is 0.189 e. The molecule has 98 valence electrons. The zero-order valence-corrected chi connectivity index (χ0v) is 12.1. The van der Waals surface area contributed by atoms with Crippen molar-refractivity contribution in [1.29, 1.82) is 0 Å². The number of rotatable bonds is 4. The first-order chi connectivity index (χ1) is 9.06. The van der Waals surface area contributed by atoms with E-state index in [2.05, 4.69) is 9.97 Å². The second-order valence-electron chi connectivity index (χ2n) is 4.45. The molecule has 1 aromatic heterocycles. The van der Waals surface area contributed by atoms with Crippen molar-refractivity contribution in [2.45, 2.75) is 31.2 Å². The Labute approximate surface area is 117 Å². The number of carbonyl (C=O) groups excluding carboxylic acids is 1. The summed E-state index contributed by atoms with van der Waals surface area (Å²) in [5.41, 5.74) is 2.83. The van der Waals surface area contributed by atoms with E-state index in [9.17, 15) is 4.79 Å². The van der Waals surface area contributed by atoms with Crippen molar-refractivity contribution in [2.24, 2.45) is 0 Å². The van der Waals surface area contributed by atoms with Gasteiger partial charge in [0.2, 0.25) is 0 Å². The zero-order chi connectivity index (χ0) is 13.8. The van der Waals surface area contributed by atoms with Crippen molar-refractivity contribution in [3.63, 3.8) is 0 Å². The minimum Gasteiger partial charge on any atom is -0.298 e. The largest absolute Gasteiger partial charge is 0.298 e. The van der Waals surface area contributed by atoms with E-state index in [-0.39, 0.29) is 11.0 Å². The van der Waals surface area contributed by atoms with Crippen LogP contribution in [0.1, 0.15) is 29.1 Å². The summed E-state index contributed by atoms with van der Waals surface area (Å²) >= 11 is 1.41. The van der Waals surface area contributed by atoms with E-state index in [0.717, 1.165) is 17.0 Å². The molecule has 19 heavy (non-hydrogen) atoms. The van der Waals surface area contributed by atoms with Gasteiger partial charge < -0.3 is 0 Å². The Kier molecular flexibility index (Phi) is 4.32. The highest BCUT2D eigenvalue weighted by Gasteiger charge is 2.19. The minimum atomic E-state index is -0.248. The molecule has 3 nitrogen and oxygen atoms in total. The van der Waals surface area contributed by atoms with Gasteiger partial charge in [-0.1, -0.05) is 42.1 Å². The molecule has 0 radical (unpaired) electrons. The van der Waals surface area contributed by atoms with E-state index in [0.29, 0.717) is 5.16 Å². The average Bonchev–Trinajstić information content (AvgIpc) is 2.35. The third kappa shape index (κ3) is 3.64. The third-order valence-corrected chi connectivity index (χ3v) is 3.89. The maximum atomic E-state index is 11.8. The Bertz CT molecular complexity index is 564. The third-order valence-electron chi connectivity index (χ3n) is 2.66. The number of ketones is 1. The maximum Gasteiger partial charge on any atom is 0.189 e. The number of aryl methyl sites for hydroxylation is 2. The molecule has 0 N–H and O–H groups in total. The number of thioether (sulfide) groups is 1. The van der Waals surface area contributed by atoms with E-state index in [1.807, 2.05) is 50.2 Å². The molecule has 0 saturated heterocycles. The predicted octanol–water partition coefficient (Wildman–Crippen LogP) is 3.52. The van der Waals surface area contributed by atoms with Crippen molar-refractivity contribution < 1.29 is 4.79 Å². The van der Waals surface area contributed by atoms with Gasteiger partial charge in [-0.25, -0.2) is 9.97 Å². The van der Waals surface area contributed by atoms with Crippen molar-refractivity contribution in [3.05, 3.63) is 53.3 Å². The van der Waals surface area contributed by atoms with Gasteiger partial charge in [0.05, 0.1) is 5.25 Å². The summed E-state index contributed by atoms with van der Waals surface area (Å²) in [6.07, 6.45) is 0. The summed E-state index contributed by atoms with van der Waals surface area (Å²) in [5, 5.41) is 0.406. The van der Waals surface area contributed by atoms with Gasteiger partial charge in [-0.2, -0.15) is 0 Å². The fourth-order valence-electron chi connectivity index (χ4n) is 1.87. The number of benzene rings is 1. The first-order valence-corrected chi connectivity index (χ1v) is 6.98. The fourth-order valence-corrected chi connectivity index (χ4v) is 2.93. The Morgan fingerprint density at radius 1 is 1.11 bits per heavy atom. The highest BCUT2D eigenvalue weighted by Crippen LogP contribution is 2.34. The number of Topliss-reactive ketones (excluding diaryl/α,β-unsaturated/α-hetero) is 1. The normalized spacial score (nSPS) is 12.2. The Hall–Kier alpha value is -1.68. The fraction of sp³-hybridized carbons (Fsp3) is 0.267. The Morgan fingerprint density at radius 2 is 1.68 bits per heavy atom. The number of carbonyl (C=O) groups is 1. The monoisotopic (exact) mass is 272 g/mol. The van der Waals surface area contributed by atoms with Crippen LogP contribution >= 0.6 is 11.8 Å². The van der Waals surface area contributed by atoms with Crippen molar-refractivity contribution in [1.82, 2.24) is 9.97 Å². The van der Waals surface area contributed by atoms with Crippen LogP contribution in [0, 0.1) is 13.8 Å². The van der Waals surface area contributed by atoms with E-state index < -0.39 is 0 Å². The molecule has 0 bridgehead atoms. The van der Waals surface area contributed by atoms with Crippen LogP contribution in [0.4, 0.5) is 0 Å². The van der Waals surface area contributed by atoms with Gasteiger partial charge in [-0.15, -0.1) is 0 Å². The molecule has 1 aromatic carbocycles. The van der Waals surface area contributed by atoms with Gasteiger partial charge in [0, 0.05) is 11.4 Å². The molecule has 0 saturated carbocycles. The second kappa shape index (κ2) is 5.97. The molecule has 0 aliphatic rings. The lowest BCUT2D eigenvalue weighted by Crippen LogP contribution is -2.06. The van der Waals surface area contributed by atoms with Crippen LogP contribution in [0.3, 0.4) is 0 Å². The summed E-state index contributed by atoms with van der Waals surface area (Å²) < 4.78 is 0. The quantitative estimate of drug-likeness (QED) is 0.631. The molecular formula is C15H16N2OS. The van der Waals surface area contributed by atoms with Crippen LogP contribution in [0.2, 0.25) is 0 Å². The number of hydrogen-bond donors (Lipinski definition) is 0. The highest BCUT2D eigenvalue weighted by molar-refractivity contribution is 8.00. The van der Waals surface area contributed by atoms with Gasteiger partial charge in [0.25, 0.3) is 0 Å². The van der Waals surface area contributed by atoms with Gasteiger partial charge in [-0.3, -0.25) is 4.79 Å². The van der Waals surface area contributed by atoms with Gasteiger partial charge in [0.1, 0.15) is 5.78 Å². The maximum absolute atomic E-state index is 11.8. The van der Waals surface area contributed by atoms with Crippen LogP contribution in [-0.4, -0.2) is 15.8 Å². The summed E-state index contributed by atoms with van der Waals surface area (Å²) in [4.78, 5) is 20.6. The van der Waals surface area contributed by atoms with Gasteiger partial charge in [0.15, 0.2) is 5.16 Å². The molecule has 0 amide bonds. The van der Waals surface area contributed by atoms with Crippen LogP contribution in [0.15, 0.2) is 41.6 Å². The highest BCUT2D eigenvalue weighted by atomic mass is 32.2. The molecule has 0 aliphatic carbocycles. The van der Waals surface area contributed by atoms with E-state index in [1.165, 1.54) is 11.8 Å². The molecule has 1 heterocycles. The Balaban J connectivity index is 2.29. The molecule has 0 fully saturated rings. The minimum absolute atomic E-state index is 0.110. The molecule has 1 atom stereocenters. The first-order valence-electron chi connectivity index (χ1n) is 6.10. The molecule has 1 unspecified atom stereocenters. The molecule has 0 spiro atoms. The van der Waals surface area contributed by atoms with Crippen molar-refractivity contribution in [2.75, 3.05) is 0 Å². The van der Waals surface area contributed by atoms with Crippen LogP contribution in [0.25, 0.3) is 0 Å². The number of nitrogens with zero attached hydrogens (tertiary/aromatic N) is 2. The number of hydrogen-bond acceptors (Lipinski definition) is 4. The average molecular weight is 272 g/mol. The summed E-state index contributed by atoms with van der Waals surface area (Å²) in [6, 6.07) is 11.7. The molecule has 2 rings (SSSR count). The van der Waals surface area contributed by atoms with Crippen LogP contribution in [-0.2, 0) is 4.79 Å². The molecule has 0 aliphatic heterocycles. The zero-order valence-electron chi connectivity index (χ0n) is 11.3. The molecular weight excluding hydrogens is 256 g/mol. The summed E-state index contributed by atoms with van der Waals surface area (Å²) in [7, 11) is 0. The van der Waals surface area contributed by atoms with E-state index in [4.69, 9.17) is 0 Å². The molecule has 4 heteroatoms. The van der Waals surface area contributed by atoms with E-state index in [1.54, 1.807) is 6.92 Å². The van der Waals surface area contributed by atoms with Gasteiger partial charge >= 0.3 is 0 Å². The van der Waals surface area contributed by atoms with Crippen LogP contribution < -0.4 is 0 Å². The predicted molar refractivity (Wildman–Crippen MR) is 77.2 cm³/mol. The SMILES string of the molecule is CC(=O)C(Sc1nc(C)cc(C)n1)c1ccccc1.